The monoisotopic (exact) mass is 447 g/mol. The van der Waals surface area contributed by atoms with E-state index in [4.69, 9.17) is 4.74 Å². The van der Waals surface area contributed by atoms with Gasteiger partial charge >= 0.3 is 0 Å². The molecule has 0 aliphatic heterocycles. The number of tetrazole rings is 1. The Morgan fingerprint density at radius 2 is 1.68 bits per heavy atom. The predicted octanol–water partition coefficient (Wildman–Crippen LogP) is 5.67. The van der Waals surface area contributed by atoms with Gasteiger partial charge < -0.3 is 4.74 Å². The molecule has 34 heavy (non-hydrogen) atoms. The van der Waals surface area contributed by atoms with Crippen LogP contribution in [0.1, 0.15) is 34.6 Å². The van der Waals surface area contributed by atoms with E-state index < -0.39 is 0 Å². The minimum atomic E-state index is 0.437. The lowest BCUT2D eigenvalue weighted by atomic mass is 10.1. The summed E-state index contributed by atoms with van der Waals surface area (Å²) in [5.41, 5.74) is 5.45. The van der Waals surface area contributed by atoms with E-state index in [0.717, 1.165) is 58.6 Å². The number of nitrogens with one attached hydrogen (secondary N) is 1. The average Bonchev–Trinajstić information content (AvgIpc) is 3.41. The molecule has 0 aliphatic rings. The Hall–Kier alpha value is -4.32. The Bertz CT molecular complexity index is 1380. The lowest BCUT2D eigenvalue weighted by molar-refractivity contribution is 0.302. The maximum Gasteiger partial charge on any atom is 0.174 e. The Morgan fingerprint density at radius 3 is 2.56 bits per heavy atom. The van der Waals surface area contributed by atoms with E-state index in [0.29, 0.717) is 6.61 Å². The molecule has 0 spiro atoms. The van der Waals surface area contributed by atoms with Crippen molar-refractivity contribution in [1.29, 1.82) is 0 Å². The Balaban J connectivity index is 1.15. The molecule has 5 aromatic rings. The van der Waals surface area contributed by atoms with Gasteiger partial charge in [-0.25, -0.2) is 4.98 Å². The van der Waals surface area contributed by atoms with Gasteiger partial charge in [0.05, 0.1) is 11.2 Å². The van der Waals surface area contributed by atoms with Crippen molar-refractivity contribution in [2.24, 2.45) is 0 Å². The third-order valence-corrected chi connectivity index (χ3v) is 5.60. The van der Waals surface area contributed by atoms with Crippen molar-refractivity contribution in [2.45, 2.75) is 25.9 Å². The Labute approximate surface area is 198 Å². The van der Waals surface area contributed by atoms with Crippen LogP contribution >= 0.6 is 0 Å². The van der Waals surface area contributed by atoms with E-state index in [1.807, 2.05) is 42.5 Å². The lowest BCUT2D eigenvalue weighted by Crippen LogP contribution is -1.98. The number of aryl methyl sites for hydroxylation is 2. The third kappa shape index (κ3) is 5.72. The fourth-order valence-electron chi connectivity index (χ4n) is 3.78. The second-order valence-corrected chi connectivity index (χ2v) is 8.11. The molecule has 3 aromatic carbocycles. The third-order valence-electron chi connectivity index (χ3n) is 5.60. The highest BCUT2D eigenvalue weighted by Gasteiger charge is 2.02. The summed E-state index contributed by atoms with van der Waals surface area (Å²) in [5, 5.41) is 15.2. The van der Waals surface area contributed by atoms with Gasteiger partial charge in [-0.05, 0) is 53.8 Å². The zero-order valence-corrected chi connectivity index (χ0v) is 18.8. The summed E-state index contributed by atoms with van der Waals surface area (Å²) in [7, 11) is 0. The van der Waals surface area contributed by atoms with Crippen LogP contribution in [0.15, 0.2) is 84.9 Å². The molecule has 6 heteroatoms. The summed E-state index contributed by atoms with van der Waals surface area (Å²) in [6.07, 6.45) is 7.03. The number of nitrogens with zero attached hydrogens (tertiary/aromatic N) is 4. The molecular formula is C28H25N5O. The number of ether oxygens (including phenoxy) is 1. The van der Waals surface area contributed by atoms with Crippen molar-refractivity contribution in [2.75, 3.05) is 0 Å². The normalized spacial score (nSPS) is 11.3. The first-order valence-corrected chi connectivity index (χ1v) is 11.4. The molecule has 2 heterocycles. The minimum Gasteiger partial charge on any atom is -0.487 e. The van der Waals surface area contributed by atoms with Gasteiger partial charge in [0, 0.05) is 11.8 Å². The van der Waals surface area contributed by atoms with Crippen LogP contribution in [0.25, 0.3) is 23.1 Å². The van der Waals surface area contributed by atoms with Crippen molar-refractivity contribution in [3.05, 3.63) is 113 Å². The van der Waals surface area contributed by atoms with Crippen molar-refractivity contribution >= 4 is 23.1 Å². The van der Waals surface area contributed by atoms with Crippen LogP contribution in [0.3, 0.4) is 0 Å². The maximum atomic E-state index is 6.00. The van der Waals surface area contributed by atoms with Crippen LogP contribution in [0, 0.1) is 0 Å². The fourth-order valence-corrected chi connectivity index (χ4v) is 3.78. The van der Waals surface area contributed by atoms with E-state index in [2.05, 4.69) is 80.2 Å². The van der Waals surface area contributed by atoms with Crippen molar-refractivity contribution in [3.8, 4) is 5.75 Å². The molecule has 0 fully saturated rings. The second-order valence-electron chi connectivity index (χ2n) is 8.11. The second kappa shape index (κ2) is 10.5. The topological polar surface area (TPSA) is 76.6 Å². The van der Waals surface area contributed by atoms with Crippen LogP contribution in [0.4, 0.5) is 0 Å². The molecule has 0 amide bonds. The van der Waals surface area contributed by atoms with Gasteiger partial charge in [-0.15, -0.1) is 10.2 Å². The number of benzene rings is 3. The lowest BCUT2D eigenvalue weighted by Gasteiger charge is -2.07. The Morgan fingerprint density at radius 1 is 0.794 bits per heavy atom. The molecule has 0 bridgehead atoms. The predicted molar refractivity (Wildman–Crippen MR) is 134 cm³/mol. The van der Waals surface area contributed by atoms with Crippen molar-refractivity contribution < 1.29 is 4.74 Å². The molecule has 0 saturated carbocycles. The van der Waals surface area contributed by atoms with Crippen LogP contribution in [0.2, 0.25) is 0 Å². The number of rotatable bonds is 9. The van der Waals surface area contributed by atoms with Gasteiger partial charge in [0.2, 0.25) is 0 Å². The molecule has 0 aliphatic carbocycles. The number of pyridine rings is 1. The zero-order valence-electron chi connectivity index (χ0n) is 18.8. The van der Waals surface area contributed by atoms with Crippen LogP contribution in [0.5, 0.6) is 5.75 Å². The summed E-state index contributed by atoms with van der Waals surface area (Å²) in [5.74, 6) is 1.59. The minimum absolute atomic E-state index is 0.437. The van der Waals surface area contributed by atoms with E-state index in [1.165, 1.54) is 5.56 Å². The summed E-state index contributed by atoms with van der Waals surface area (Å²) < 4.78 is 6.00. The summed E-state index contributed by atoms with van der Waals surface area (Å²) in [4.78, 5) is 4.68. The van der Waals surface area contributed by atoms with E-state index >= 15 is 0 Å². The smallest absolute Gasteiger partial charge is 0.174 e. The van der Waals surface area contributed by atoms with E-state index in [1.54, 1.807) is 0 Å². The number of H-pyrrole nitrogens is 1. The largest absolute Gasteiger partial charge is 0.487 e. The molecule has 2 aromatic heterocycles. The standard InChI is InChI=1S/C28H25N5O/c1-2-9-27-24(7-1)17-18-25(29-27)20-34-26-8-3-6-23(19-26)16-15-22-13-11-21(12-14-22)5-4-10-28-30-32-33-31-28/h1-3,6-9,11-19H,4-5,10,20H2,(H,30,31,32,33). The molecule has 168 valence electrons. The number of aromatic nitrogens is 5. The van der Waals surface area contributed by atoms with Gasteiger partial charge in [-0.2, -0.15) is 5.21 Å². The molecule has 0 saturated heterocycles. The number of hydrogen-bond acceptors (Lipinski definition) is 5. The van der Waals surface area contributed by atoms with Gasteiger partial charge in [0.15, 0.2) is 5.82 Å². The van der Waals surface area contributed by atoms with E-state index in [9.17, 15) is 0 Å². The molecular weight excluding hydrogens is 422 g/mol. The van der Waals surface area contributed by atoms with Crippen LogP contribution < -0.4 is 4.74 Å². The molecule has 0 unspecified atom stereocenters. The van der Waals surface area contributed by atoms with Gasteiger partial charge in [-0.1, -0.05) is 78.0 Å². The van der Waals surface area contributed by atoms with Gasteiger partial charge in [-0.3, -0.25) is 0 Å². The SMILES string of the molecule is C(=Cc1cccc(OCc2ccc3ccccc3n2)c1)c1ccc(CCCc2nn[nH]n2)cc1. The molecule has 6 nitrogen and oxygen atoms in total. The van der Waals surface area contributed by atoms with Crippen molar-refractivity contribution in [3.63, 3.8) is 0 Å². The zero-order chi connectivity index (χ0) is 23.0. The number of hydrogen-bond donors (Lipinski definition) is 1. The number of aromatic amines is 1. The summed E-state index contributed by atoms with van der Waals surface area (Å²) in [6, 6.07) is 28.9. The average molecular weight is 448 g/mol. The van der Waals surface area contributed by atoms with Gasteiger partial charge in [0.25, 0.3) is 0 Å². The number of para-hydroxylation sites is 1. The molecule has 0 atom stereocenters. The molecule has 1 N–H and O–H groups in total. The van der Waals surface area contributed by atoms with E-state index in [-0.39, 0.29) is 0 Å². The van der Waals surface area contributed by atoms with Crippen molar-refractivity contribution in [1.82, 2.24) is 25.6 Å². The first-order chi connectivity index (χ1) is 16.8. The quantitative estimate of drug-likeness (QED) is 0.295. The summed E-state index contributed by atoms with van der Waals surface area (Å²) >= 11 is 0. The number of fused-ring (bicyclic) bond motifs is 1. The fraction of sp³-hybridized carbons (Fsp3) is 0.143. The summed E-state index contributed by atoms with van der Waals surface area (Å²) in [6.45, 7) is 0.437. The first kappa shape index (κ1) is 21.5. The van der Waals surface area contributed by atoms with Crippen LogP contribution in [-0.2, 0) is 19.4 Å². The molecule has 0 radical (unpaired) electrons. The maximum absolute atomic E-state index is 6.00. The van der Waals surface area contributed by atoms with Crippen LogP contribution in [-0.4, -0.2) is 25.6 Å². The van der Waals surface area contributed by atoms with Gasteiger partial charge in [0.1, 0.15) is 12.4 Å². The Kier molecular flexibility index (Phi) is 6.67. The highest BCUT2D eigenvalue weighted by atomic mass is 16.5. The first-order valence-electron chi connectivity index (χ1n) is 11.4. The highest BCUT2D eigenvalue weighted by Crippen LogP contribution is 2.19. The highest BCUT2D eigenvalue weighted by molar-refractivity contribution is 5.78. The molecule has 5 rings (SSSR count).